The maximum atomic E-state index is 11.5. The normalized spacial score (nSPS) is 15.2. The molecular formula is C53H108BrNaO13. The van der Waals surface area contributed by atoms with Crippen molar-refractivity contribution in [1.82, 2.24) is 0 Å². The van der Waals surface area contributed by atoms with Gasteiger partial charge in [-0.25, -0.2) is 0 Å². The van der Waals surface area contributed by atoms with Gasteiger partial charge >= 0.3 is 47.5 Å². The first-order chi connectivity index (χ1) is 32.4. The molecule has 1 aliphatic rings. The Morgan fingerprint density at radius 2 is 1.01 bits per heavy atom. The summed E-state index contributed by atoms with van der Waals surface area (Å²) in [7, 11) is 2.89. The fourth-order valence-corrected chi connectivity index (χ4v) is 6.18. The fourth-order valence-electron chi connectivity index (χ4n) is 5.78. The van der Waals surface area contributed by atoms with Crippen LogP contribution in [-0.4, -0.2) is 124 Å². The number of rotatable bonds is 28. The van der Waals surface area contributed by atoms with Crippen molar-refractivity contribution in [3.63, 3.8) is 0 Å². The van der Waals surface area contributed by atoms with Gasteiger partial charge in [-0.15, -0.1) is 6.61 Å². The third-order valence-corrected chi connectivity index (χ3v) is 11.0. The molecular weight excluding hydrogens is 947 g/mol. The molecule has 0 bridgehead atoms. The van der Waals surface area contributed by atoms with Crippen LogP contribution in [0.4, 0.5) is 0 Å². The summed E-state index contributed by atoms with van der Waals surface area (Å²) in [4.78, 5) is 33.1. The predicted molar refractivity (Wildman–Crippen MR) is 276 cm³/mol. The smallest absolute Gasteiger partial charge is 0.854 e. The first kappa shape index (κ1) is 79.0. The minimum Gasteiger partial charge on any atom is -0.854 e. The van der Waals surface area contributed by atoms with Crippen LogP contribution in [0, 0.1) is 23.7 Å². The molecule has 1 heterocycles. The molecule has 0 aromatic carbocycles. The molecule has 0 radical (unpaired) electrons. The molecule has 3 unspecified atom stereocenters. The predicted octanol–water partition coefficient (Wildman–Crippen LogP) is 7.70. The maximum absolute atomic E-state index is 11.5. The number of methoxy groups -OCH3 is 2. The Morgan fingerprint density at radius 1 is 0.618 bits per heavy atom. The van der Waals surface area contributed by atoms with Crippen molar-refractivity contribution in [3.8, 4) is 0 Å². The third kappa shape index (κ3) is 77.1. The number of esters is 3. The van der Waals surface area contributed by atoms with Crippen molar-refractivity contribution in [3.05, 3.63) is 0 Å². The van der Waals surface area contributed by atoms with Crippen molar-refractivity contribution in [1.29, 1.82) is 0 Å². The molecule has 1 aliphatic heterocycles. The Kier molecular flexibility index (Phi) is 82.4. The van der Waals surface area contributed by atoms with E-state index in [4.69, 9.17) is 34.6 Å². The molecule has 0 saturated carbocycles. The molecule has 68 heavy (non-hydrogen) atoms. The minimum atomic E-state index is -0.170. The molecule has 0 aromatic rings. The molecule has 4 N–H and O–H groups in total. The van der Waals surface area contributed by atoms with Crippen molar-refractivity contribution in [2.75, 3.05) is 85.6 Å². The number of aliphatic hydroxyl groups is 4. The summed E-state index contributed by atoms with van der Waals surface area (Å²) < 4.78 is 25.5. The summed E-state index contributed by atoms with van der Waals surface area (Å²) in [6.07, 6.45) is 30.9. The van der Waals surface area contributed by atoms with Gasteiger partial charge in [0.2, 0.25) is 0 Å². The zero-order valence-electron chi connectivity index (χ0n) is 45.5. The van der Waals surface area contributed by atoms with Gasteiger partial charge in [-0.3, -0.25) is 14.4 Å². The Hall–Kier alpha value is -0.390. The number of carbonyl (C=O) groups is 3. The van der Waals surface area contributed by atoms with E-state index in [0.717, 1.165) is 69.9 Å². The van der Waals surface area contributed by atoms with E-state index in [0.29, 0.717) is 45.0 Å². The van der Waals surface area contributed by atoms with E-state index in [1.54, 1.807) is 13.8 Å². The number of alkyl halides is 1. The maximum Gasteiger partial charge on any atom is 1.00 e. The number of ether oxygens (including phenoxy) is 5. The summed E-state index contributed by atoms with van der Waals surface area (Å²) in [5, 5.41) is 44.2. The van der Waals surface area contributed by atoms with Crippen LogP contribution in [0.1, 0.15) is 215 Å². The van der Waals surface area contributed by atoms with Crippen LogP contribution in [-0.2, 0) is 38.1 Å². The van der Waals surface area contributed by atoms with Gasteiger partial charge in [-0.2, -0.15) is 0 Å². The third-order valence-electron chi connectivity index (χ3n) is 10.4. The van der Waals surface area contributed by atoms with E-state index in [2.05, 4.69) is 32.3 Å². The minimum absolute atomic E-state index is 0. The van der Waals surface area contributed by atoms with Gasteiger partial charge in [-0.1, -0.05) is 173 Å². The number of unbranched alkanes of at least 4 members (excludes halogenated alkanes) is 14. The van der Waals surface area contributed by atoms with Crippen LogP contribution in [0.25, 0.3) is 0 Å². The molecule has 406 valence electrons. The topological polar surface area (TPSA) is 201 Å². The molecule has 0 spiro atoms. The molecule has 0 aromatic heterocycles. The Morgan fingerprint density at radius 3 is 1.40 bits per heavy atom. The van der Waals surface area contributed by atoms with Gasteiger partial charge in [-0.05, 0) is 44.4 Å². The zero-order chi connectivity index (χ0) is 51.4. The van der Waals surface area contributed by atoms with E-state index in [-0.39, 0.29) is 98.3 Å². The average Bonchev–Trinajstić information content (AvgIpc) is 3.35. The number of aliphatic hydroxyl groups excluding tert-OH is 4. The largest absolute Gasteiger partial charge is 1.00 e. The Bertz CT molecular complexity index is 936. The quantitative estimate of drug-likeness (QED) is 0.0196. The second-order valence-corrected chi connectivity index (χ2v) is 18.5. The first-order valence-corrected chi connectivity index (χ1v) is 27.6. The van der Waals surface area contributed by atoms with Gasteiger partial charge in [0.25, 0.3) is 0 Å². The molecule has 1 rings (SSSR count). The van der Waals surface area contributed by atoms with E-state index >= 15 is 0 Å². The van der Waals surface area contributed by atoms with Crippen molar-refractivity contribution < 1.29 is 93.2 Å². The average molecular weight is 1060 g/mol. The summed E-state index contributed by atoms with van der Waals surface area (Å²) in [6.45, 7) is 15.3. The fraction of sp³-hybridized carbons (Fsp3) is 0.943. The molecule has 0 aliphatic carbocycles. The Labute approximate surface area is 448 Å². The van der Waals surface area contributed by atoms with Gasteiger partial charge in [0.1, 0.15) is 0 Å². The molecule has 1 fully saturated rings. The number of cyclic esters (lactones) is 1. The molecule has 1 saturated heterocycles. The van der Waals surface area contributed by atoms with Crippen molar-refractivity contribution >= 4 is 33.8 Å². The molecule has 13 nitrogen and oxygen atoms in total. The number of carbonyl (C=O) groups excluding carboxylic acids is 3. The van der Waals surface area contributed by atoms with E-state index < -0.39 is 0 Å². The summed E-state index contributed by atoms with van der Waals surface area (Å²) in [6, 6.07) is 0. The SMILES string of the molecule is CC.CC(CO)CO.CC(C[O-])CO.CC1COCCCCCCCCCCC(=O)OC1.COC(=O)CCCCCCCCCCBr.COC(=O)CCCCCCCCCCOCC(C)CO.[Na+]. The summed E-state index contributed by atoms with van der Waals surface area (Å²) >= 11 is 3.43. The molecule has 15 heteroatoms. The number of hydrogen-bond acceptors (Lipinski definition) is 13. The van der Waals surface area contributed by atoms with E-state index in [1.807, 2.05) is 20.8 Å². The second-order valence-electron chi connectivity index (χ2n) is 17.7. The summed E-state index contributed by atoms with van der Waals surface area (Å²) in [5.74, 6) is 0.318. The van der Waals surface area contributed by atoms with Gasteiger partial charge in [0.05, 0.1) is 34.0 Å². The molecule has 3 atom stereocenters. The zero-order valence-corrected chi connectivity index (χ0v) is 49.1. The number of halogens is 1. The van der Waals surface area contributed by atoms with Crippen LogP contribution in [0.3, 0.4) is 0 Å². The Balaban J connectivity index is -0.000000185. The summed E-state index contributed by atoms with van der Waals surface area (Å²) in [5.41, 5.74) is 0. The van der Waals surface area contributed by atoms with Crippen LogP contribution in [0.2, 0.25) is 0 Å². The van der Waals surface area contributed by atoms with Crippen LogP contribution >= 0.6 is 15.9 Å². The second kappa shape index (κ2) is 70.9. The van der Waals surface area contributed by atoms with E-state index in [9.17, 15) is 19.5 Å². The van der Waals surface area contributed by atoms with Gasteiger partial charge in [0.15, 0.2) is 0 Å². The van der Waals surface area contributed by atoms with Crippen LogP contribution in [0.15, 0.2) is 0 Å². The number of hydrogen-bond donors (Lipinski definition) is 4. The molecule has 0 amide bonds. The van der Waals surface area contributed by atoms with E-state index in [1.165, 1.54) is 117 Å². The van der Waals surface area contributed by atoms with Gasteiger partial charge in [0, 0.05) is 82.0 Å². The standard InChI is InChI=1S/C16H32O4.C15H28O3.C12H23BrO2.C4H10O2.C4H9O2.C2H6.Na/c1-15(13-17)14-20-12-10-8-6-4-3-5-7-9-11-16(18)19-2;1-14-12-17-11-9-7-5-3-2-4-6-8-10-15(16)18-13-14;1-15-12(14)10-8-6-4-2-3-5-7-9-11-13;2*1-4(2-5)3-6;1-2;/h15,17H,3-14H2,1-2H3;14H,2-13H2,1H3;2-11H2,1H3;4-6H,2-3H2,1H3;4-5H,2-3H2,1H3;1-2H3;/q;;;;-1;;+1. The van der Waals surface area contributed by atoms with Crippen LogP contribution in [0.5, 0.6) is 0 Å². The van der Waals surface area contributed by atoms with Crippen LogP contribution < -0.4 is 34.7 Å². The van der Waals surface area contributed by atoms with Crippen molar-refractivity contribution in [2.24, 2.45) is 23.7 Å². The van der Waals surface area contributed by atoms with Gasteiger partial charge < -0.3 is 49.2 Å². The van der Waals surface area contributed by atoms with Crippen molar-refractivity contribution in [2.45, 2.75) is 215 Å². The first-order valence-electron chi connectivity index (χ1n) is 26.4. The monoisotopic (exact) mass is 1050 g/mol.